The molecular weight excluding hydrogens is 126 g/mol. The second-order valence-corrected chi connectivity index (χ2v) is 2.36. The van der Waals surface area contributed by atoms with Crippen molar-refractivity contribution in [2.45, 2.75) is 6.92 Å². The van der Waals surface area contributed by atoms with Gasteiger partial charge in [-0.3, -0.25) is 5.41 Å². The first kappa shape index (κ1) is 9.01. The zero-order chi connectivity index (χ0) is 8.15. The molecule has 3 heteroatoms. The highest BCUT2D eigenvalue weighted by Gasteiger charge is 1.92. The van der Waals surface area contributed by atoms with Crippen molar-refractivity contribution in [1.82, 2.24) is 10.2 Å². The number of hydrogen-bond donors (Lipinski definition) is 2. The molecule has 0 fully saturated rings. The molecule has 3 nitrogen and oxygen atoms in total. The fourth-order valence-corrected chi connectivity index (χ4v) is 0.406. The van der Waals surface area contributed by atoms with Crippen molar-refractivity contribution < 1.29 is 0 Å². The van der Waals surface area contributed by atoms with Crippen LogP contribution in [0.2, 0.25) is 0 Å². The first-order chi connectivity index (χ1) is 4.57. The molecule has 0 aromatic carbocycles. The minimum atomic E-state index is 0.506. The molecule has 0 unspecified atom stereocenters. The van der Waals surface area contributed by atoms with Crippen LogP contribution in [-0.4, -0.2) is 31.9 Å². The first-order valence-corrected chi connectivity index (χ1v) is 3.20. The Kier molecular flexibility index (Phi) is 3.54. The van der Waals surface area contributed by atoms with Crippen molar-refractivity contribution in [2.24, 2.45) is 0 Å². The number of hydrogen-bond acceptors (Lipinski definition) is 2. The quantitative estimate of drug-likeness (QED) is 0.438. The van der Waals surface area contributed by atoms with Gasteiger partial charge in [-0.05, 0) is 13.0 Å². The van der Waals surface area contributed by atoms with Crippen LogP contribution in [-0.2, 0) is 0 Å². The molecular formula is C7H15N3. The van der Waals surface area contributed by atoms with Crippen LogP contribution in [0.5, 0.6) is 0 Å². The highest BCUT2D eigenvalue weighted by atomic mass is 15.1. The monoisotopic (exact) mass is 141 g/mol. The van der Waals surface area contributed by atoms with Crippen LogP contribution in [0, 0.1) is 5.41 Å². The zero-order valence-corrected chi connectivity index (χ0v) is 7.02. The standard InChI is InChI=1S/C7H15N3/c1-6(9-2)5-7(8)10(3)4/h5,8-9H,1-4H3/b6-5-,8-7?. The van der Waals surface area contributed by atoms with Gasteiger partial charge in [0.2, 0.25) is 0 Å². The molecule has 0 aromatic heterocycles. The molecule has 2 N–H and O–H groups in total. The summed E-state index contributed by atoms with van der Waals surface area (Å²) >= 11 is 0. The lowest BCUT2D eigenvalue weighted by Crippen LogP contribution is -2.20. The van der Waals surface area contributed by atoms with Crippen molar-refractivity contribution in [1.29, 1.82) is 5.41 Å². The maximum atomic E-state index is 7.39. The summed E-state index contributed by atoms with van der Waals surface area (Å²) in [4.78, 5) is 1.75. The van der Waals surface area contributed by atoms with E-state index >= 15 is 0 Å². The molecule has 0 bridgehead atoms. The Morgan fingerprint density at radius 2 is 2.00 bits per heavy atom. The number of nitrogens with one attached hydrogen (secondary N) is 2. The van der Waals surface area contributed by atoms with Gasteiger partial charge in [-0.25, -0.2) is 0 Å². The summed E-state index contributed by atoms with van der Waals surface area (Å²) in [6.07, 6.45) is 1.78. The number of nitrogens with zero attached hydrogens (tertiary/aromatic N) is 1. The van der Waals surface area contributed by atoms with Gasteiger partial charge < -0.3 is 10.2 Å². The second-order valence-electron chi connectivity index (χ2n) is 2.36. The number of allylic oxidation sites excluding steroid dienone is 1. The van der Waals surface area contributed by atoms with E-state index in [0.717, 1.165) is 5.70 Å². The maximum absolute atomic E-state index is 7.39. The molecule has 0 aliphatic carbocycles. The van der Waals surface area contributed by atoms with Crippen LogP contribution < -0.4 is 5.32 Å². The molecule has 0 saturated heterocycles. The highest BCUT2D eigenvalue weighted by Crippen LogP contribution is 1.87. The maximum Gasteiger partial charge on any atom is 0.121 e. The molecule has 0 aliphatic rings. The normalized spacial score (nSPS) is 11.0. The van der Waals surface area contributed by atoms with E-state index < -0.39 is 0 Å². The average molecular weight is 141 g/mol. The van der Waals surface area contributed by atoms with Crippen LogP contribution in [0.3, 0.4) is 0 Å². The number of likely N-dealkylation sites (N-methyl/N-ethyl adjacent to an activating group) is 1. The van der Waals surface area contributed by atoms with E-state index in [1.165, 1.54) is 0 Å². The molecule has 0 radical (unpaired) electrons. The Labute approximate surface area is 62.2 Å². The molecule has 0 atom stereocenters. The summed E-state index contributed by atoms with van der Waals surface area (Å²) in [5.74, 6) is 0.506. The van der Waals surface area contributed by atoms with Gasteiger partial charge in [0.1, 0.15) is 5.84 Å². The van der Waals surface area contributed by atoms with Gasteiger partial charge in [-0.1, -0.05) is 0 Å². The van der Waals surface area contributed by atoms with Gasteiger partial charge in [-0.15, -0.1) is 0 Å². The van der Waals surface area contributed by atoms with Crippen molar-refractivity contribution >= 4 is 5.84 Å². The third kappa shape index (κ3) is 3.12. The lowest BCUT2D eigenvalue weighted by Gasteiger charge is -2.10. The number of amidine groups is 1. The van der Waals surface area contributed by atoms with E-state index in [2.05, 4.69) is 5.32 Å². The lowest BCUT2D eigenvalue weighted by atomic mass is 10.4. The summed E-state index contributed by atoms with van der Waals surface area (Å²) < 4.78 is 0. The predicted molar refractivity (Wildman–Crippen MR) is 44.2 cm³/mol. The third-order valence-corrected chi connectivity index (χ3v) is 1.23. The van der Waals surface area contributed by atoms with Gasteiger partial charge in [0, 0.05) is 26.8 Å². The molecule has 0 rings (SSSR count). The minimum Gasteiger partial charge on any atom is -0.392 e. The molecule has 0 aliphatic heterocycles. The summed E-state index contributed by atoms with van der Waals surface area (Å²) in [6, 6.07) is 0. The Hall–Kier alpha value is -0.990. The van der Waals surface area contributed by atoms with Crippen molar-refractivity contribution in [3.05, 3.63) is 11.8 Å². The summed E-state index contributed by atoms with van der Waals surface area (Å²) in [5, 5.41) is 10.3. The Bertz CT molecular complexity index is 147. The van der Waals surface area contributed by atoms with Crippen molar-refractivity contribution in [3.63, 3.8) is 0 Å². The molecule has 0 amide bonds. The molecule has 0 spiro atoms. The van der Waals surface area contributed by atoms with Crippen molar-refractivity contribution in [2.75, 3.05) is 21.1 Å². The van der Waals surface area contributed by atoms with E-state index in [0.29, 0.717) is 5.84 Å². The fraction of sp³-hybridized carbons (Fsp3) is 0.571. The molecule has 0 saturated carbocycles. The summed E-state index contributed by atoms with van der Waals surface area (Å²) in [6.45, 7) is 1.93. The van der Waals surface area contributed by atoms with Crippen LogP contribution in [0.1, 0.15) is 6.92 Å². The van der Waals surface area contributed by atoms with E-state index in [4.69, 9.17) is 5.41 Å². The van der Waals surface area contributed by atoms with Crippen LogP contribution >= 0.6 is 0 Å². The van der Waals surface area contributed by atoms with E-state index in [9.17, 15) is 0 Å². The largest absolute Gasteiger partial charge is 0.392 e. The van der Waals surface area contributed by atoms with Crippen LogP contribution in [0.15, 0.2) is 11.8 Å². The van der Waals surface area contributed by atoms with Gasteiger partial charge >= 0.3 is 0 Å². The second kappa shape index (κ2) is 3.93. The van der Waals surface area contributed by atoms with Gasteiger partial charge in [-0.2, -0.15) is 0 Å². The highest BCUT2D eigenvalue weighted by molar-refractivity contribution is 5.90. The SMILES string of the molecule is CN/C(C)=C\C(=N)N(C)C. The smallest absolute Gasteiger partial charge is 0.121 e. The van der Waals surface area contributed by atoms with E-state index in [1.807, 2.05) is 28.1 Å². The first-order valence-electron chi connectivity index (χ1n) is 3.20. The lowest BCUT2D eigenvalue weighted by molar-refractivity contribution is 0.621. The van der Waals surface area contributed by atoms with E-state index in [-0.39, 0.29) is 0 Å². The summed E-state index contributed by atoms with van der Waals surface area (Å²) in [5.41, 5.74) is 0.999. The van der Waals surface area contributed by atoms with Gasteiger partial charge in [0.05, 0.1) is 0 Å². The molecule has 0 heterocycles. The molecule has 0 aromatic rings. The van der Waals surface area contributed by atoms with Gasteiger partial charge in [0.15, 0.2) is 0 Å². The Balaban J connectivity index is 4.00. The summed E-state index contributed by atoms with van der Waals surface area (Å²) in [7, 11) is 5.54. The molecule has 58 valence electrons. The van der Waals surface area contributed by atoms with Crippen LogP contribution in [0.25, 0.3) is 0 Å². The topological polar surface area (TPSA) is 39.1 Å². The van der Waals surface area contributed by atoms with E-state index in [1.54, 1.807) is 11.0 Å². The third-order valence-electron chi connectivity index (χ3n) is 1.23. The molecule has 10 heavy (non-hydrogen) atoms. The average Bonchev–Trinajstić information content (AvgIpc) is 1.87. The predicted octanol–water partition coefficient (Wildman–Crippen LogP) is 0.648. The van der Waals surface area contributed by atoms with Crippen molar-refractivity contribution in [3.8, 4) is 0 Å². The zero-order valence-electron chi connectivity index (χ0n) is 7.02. The minimum absolute atomic E-state index is 0.506. The van der Waals surface area contributed by atoms with Crippen LogP contribution in [0.4, 0.5) is 0 Å². The Morgan fingerprint density at radius 3 is 2.30 bits per heavy atom. The number of rotatable bonds is 2. The Morgan fingerprint density at radius 1 is 1.50 bits per heavy atom. The fourth-order valence-electron chi connectivity index (χ4n) is 0.406. The van der Waals surface area contributed by atoms with Gasteiger partial charge in [0.25, 0.3) is 0 Å².